The summed E-state index contributed by atoms with van der Waals surface area (Å²) in [6, 6.07) is 0. The van der Waals surface area contributed by atoms with Crippen LogP contribution in [0.15, 0.2) is 9.52 Å². The first-order valence-electron chi connectivity index (χ1n) is 8.85. The van der Waals surface area contributed by atoms with E-state index >= 15 is 0 Å². The minimum atomic E-state index is 0.311. The molecule has 2 N–H and O–H groups in total. The standard InChI is InChI=1S/C17H31N5O/c1-5-17(9-7-10-17)12-20-16(18-4)19-11-6-8-14-21-15(13(2)3)22-23-14/h13H,5-12H2,1-4H3,(H2,18,19,20). The third-order valence-electron chi connectivity index (χ3n) is 4.88. The zero-order valence-electron chi connectivity index (χ0n) is 15.0. The molecule has 23 heavy (non-hydrogen) atoms. The molecule has 1 heterocycles. The monoisotopic (exact) mass is 321 g/mol. The first-order chi connectivity index (χ1) is 11.1. The van der Waals surface area contributed by atoms with Crippen LogP contribution >= 0.6 is 0 Å². The fourth-order valence-corrected chi connectivity index (χ4v) is 2.87. The lowest BCUT2D eigenvalue weighted by Gasteiger charge is -2.41. The number of guanidine groups is 1. The van der Waals surface area contributed by atoms with Gasteiger partial charge in [-0.1, -0.05) is 32.3 Å². The van der Waals surface area contributed by atoms with Crippen LogP contribution in [0.4, 0.5) is 0 Å². The fourth-order valence-electron chi connectivity index (χ4n) is 2.87. The molecule has 1 fully saturated rings. The van der Waals surface area contributed by atoms with Gasteiger partial charge in [-0.2, -0.15) is 4.98 Å². The first kappa shape index (κ1) is 17.8. The van der Waals surface area contributed by atoms with Gasteiger partial charge in [0.05, 0.1) is 0 Å². The molecule has 0 atom stereocenters. The van der Waals surface area contributed by atoms with E-state index in [2.05, 4.69) is 46.5 Å². The third kappa shape index (κ3) is 4.94. The lowest BCUT2D eigenvalue weighted by molar-refractivity contribution is 0.131. The Bertz CT molecular complexity index is 499. The number of aliphatic imine (C=N–C) groups is 1. The van der Waals surface area contributed by atoms with E-state index in [-0.39, 0.29) is 0 Å². The highest BCUT2D eigenvalue weighted by atomic mass is 16.5. The highest BCUT2D eigenvalue weighted by Gasteiger charge is 2.34. The van der Waals surface area contributed by atoms with Crippen molar-refractivity contribution in [2.24, 2.45) is 10.4 Å². The average molecular weight is 321 g/mol. The lowest BCUT2D eigenvalue weighted by Crippen LogP contribution is -2.46. The van der Waals surface area contributed by atoms with Crippen molar-refractivity contribution in [3.05, 3.63) is 11.7 Å². The van der Waals surface area contributed by atoms with Crippen LogP contribution in [0.25, 0.3) is 0 Å². The third-order valence-corrected chi connectivity index (χ3v) is 4.88. The van der Waals surface area contributed by atoms with Crippen LogP contribution in [0, 0.1) is 5.41 Å². The van der Waals surface area contributed by atoms with E-state index in [4.69, 9.17) is 4.52 Å². The van der Waals surface area contributed by atoms with Gasteiger partial charge in [0.25, 0.3) is 0 Å². The highest BCUT2D eigenvalue weighted by Crippen LogP contribution is 2.42. The van der Waals surface area contributed by atoms with E-state index in [9.17, 15) is 0 Å². The Morgan fingerprint density at radius 3 is 2.65 bits per heavy atom. The van der Waals surface area contributed by atoms with Gasteiger partial charge in [0.15, 0.2) is 11.8 Å². The zero-order chi connectivity index (χ0) is 16.7. The normalized spacial score (nSPS) is 17.2. The van der Waals surface area contributed by atoms with Gasteiger partial charge in [-0.3, -0.25) is 4.99 Å². The molecule has 2 rings (SSSR count). The maximum absolute atomic E-state index is 5.25. The van der Waals surface area contributed by atoms with Gasteiger partial charge in [0.1, 0.15) is 0 Å². The summed E-state index contributed by atoms with van der Waals surface area (Å²) in [5.41, 5.74) is 0.495. The molecule has 1 saturated carbocycles. The molecule has 130 valence electrons. The Hall–Kier alpha value is -1.59. The Kier molecular flexibility index (Phi) is 6.42. The molecule has 1 aromatic heterocycles. The van der Waals surface area contributed by atoms with E-state index in [1.807, 2.05) is 7.05 Å². The second kappa shape index (κ2) is 8.31. The van der Waals surface area contributed by atoms with Crippen LogP contribution in [0.3, 0.4) is 0 Å². The van der Waals surface area contributed by atoms with Gasteiger partial charge < -0.3 is 15.2 Å². The second-order valence-electron chi connectivity index (χ2n) is 6.86. The van der Waals surface area contributed by atoms with Gasteiger partial charge in [-0.05, 0) is 31.1 Å². The number of nitrogens with one attached hydrogen (secondary N) is 2. The Morgan fingerprint density at radius 2 is 2.13 bits per heavy atom. The number of hydrogen-bond donors (Lipinski definition) is 2. The van der Waals surface area contributed by atoms with E-state index < -0.39 is 0 Å². The molecule has 0 amide bonds. The molecule has 0 radical (unpaired) electrons. The summed E-state index contributed by atoms with van der Waals surface area (Å²) in [5, 5.41) is 10.8. The summed E-state index contributed by atoms with van der Waals surface area (Å²) in [7, 11) is 1.82. The minimum Gasteiger partial charge on any atom is -0.356 e. The van der Waals surface area contributed by atoms with Gasteiger partial charge in [-0.25, -0.2) is 0 Å². The quantitative estimate of drug-likeness (QED) is 0.437. The van der Waals surface area contributed by atoms with E-state index in [0.717, 1.165) is 43.6 Å². The van der Waals surface area contributed by atoms with E-state index in [1.54, 1.807) is 0 Å². The topological polar surface area (TPSA) is 75.3 Å². The molecule has 0 unspecified atom stereocenters. The van der Waals surface area contributed by atoms with Gasteiger partial charge in [0, 0.05) is 32.5 Å². The molecular formula is C17H31N5O. The summed E-state index contributed by atoms with van der Waals surface area (Å²) in [5.74, 6) is 2.71. The number of aromatic nitrogens is 2. The average Bonchev–Trinajstić information content (AvgIpc) is 2.97. The van der Waals surface area contributed by atoms with Crippen molar-refractivity contribution in [2.75, 3.05) is 20.1 Å². The lowest BCUT2D eigenvalue weighted by atomic mass is 9.67. The molecule has 6 heteroatoms. The van der Waals surface area contributed by atoms with Crippen LogP contribution in [0.1, 0.15) is 70.5 Å². The van der Waals surface area contributed by atoms with Gasteiger partial charge >= 0.3 is 0 Å². The molecule has 0 saturated heterocycles. The summed E-state index contributed by atoms with van der Waals surface area (Å²) in [4.78, 5) is 8.69. The number of hydrogen-bond acceptors (Lipinski definition) is 4. The first-order valence-corrected chi connectivity index (χ1v) is 8.85. The summed E-state index contributed by atoms with van der Waals surface area (Å²) in [6.07, 6.45) is 7.02. The molecule has 0 aromatic carbocycles. The van der Waals surface area contributed by atoms with Crippen LogP contribution < -0.4 is 10.6 Å². The van der Waals surface area contributed by atoms with Crippen molar-refractivity contribution in [3.63, 3.8) is 0 Å². The maximum atomic E-state index is 5.25. The van der Waals surface area contributed by atoms with Crippen LogP contribution in [0.2, 0.25) is 0 Å². The fraction of sp³-hybridized carbons (Fsp3) is 0.824. The van der Waals surface area contributed by atoms with E-state index in [1.165, 1.54) is 25.7 Å². The van der Waals surface area contributed by atoms with Crippen molar-refractivity contribution in [2.45, 2.75) is 65.2 Å². The summed E-state index contributed by atoms with van der Waals surface area (Å²) < 4.78 is 5.25. The highest BCUT2D eigenvalue weighted by molar-refractivity contribution is 5.79. The summed E-state index contributed by atoms with van der Waals surface area (Å²) >= 11 is 0. The predicted molar refractivity (Wildman–Crippen MR) is 92.6 cm³/mol. The second-order valence-corrected chi connectivity index (χ2v) is 6.86. The molecule has 0 bridgehead atoms. The van der Waals surface area contributed by atoms with Crippen molar-refractivity contribution in [1.82, 2.24) is 20.8 Å². The zero-order valence-corrected chi connectivity index (χ0v) is 15.0. The Balaban J connectivity index is 1.65. The molecule has 0 spiro atoms. The molecular weight excluding hydrogens is 290 g/mol. The molecule has 6 nitrogen and oxygen atoms in total. The van der Waals surface area contributed by atoms with Crippen LogP contribution in [0.5, 0.6) is 0 Å². The molecule has 1 aliphatic rings. The largest absolute Gasteiger partial charge is 0.356 e. The smallest absolute Gasteiger partial charge is 0.226 e. The number of aryl methyl sites for hydroxylation is 1. The summed E-state index contributed by atoms with van der Waals surface area (Å²) in [6.45, 7) is 8.28. The Morgan fingerprint density at radius 1 is 1.35 bits per heavy atom. The van der Waals surface area contributed by atoms with Crippen LogP contribution in [-0.4, -0.2) is 36.2 Å². The van der Waals surface area contributed by atoms with Gasteiger partial charge in [0.2, 0.25) is 5.89 Å². The van der Waals surface area contributed by atoms with Crippen molar-refractivity contribution >= 4 is 5.96 Å². The van der Waals surface area contributed by atoms with Gasteiger partial charge in [-0.15, -0.1) is 0 Å². The van der Waals surface area contributed by atoms with Crippen molar-refractivity contribution in [3.8, 4) is 0 Å². The van der Waals surface area contributed by atoms with Crippen LogP contribution in [-0.2, 0) is 6.42 Å². The van der Waals surface area contributed by atoms with Crippen molar-refractivity contribution in [1.29, 1.82) is 0 Å². The SMILES string of the molecule is CCC1(CNC(=NC)NCCCc2nc(C(C)C)no2)CCC1. The number of rotatable bonds is 8. The minimum absolute atomic E-state index is 0.311. The molecule has 0 aliphatic heterocycles. The maximum Gasteiger partial charge on any atom is 0.226 e. The molecule has 1 aromatic rings. The Labute approximate surface area is 139 Å². The number of nitrogens with zero attached hydrogens (tertiary/aromatic N) is 3. The van der Waals surface area contributed by atoms with E-state index in [0.29, 0.717) is 11.3 Å². The van der Waals surface area contributed by atoms with Crippen molar-refractivity contribution < 1.29 is 4.52 Å². The predicted octanol–water partition coefficient (Wildman–Crippen LogP) is 2.87. The molecule has 1 aliphatic carbocycles.